The molecule has 114 valence electrons. The number of carbonyl (C=O) groups is 2. The summed E-state index contributed by atoms with van der Waals surface area (Å²) in [5.41, 5.74) is 0. The first-order valence-electron chi connectivity index (χ1n) is 6.91. The van der Waals surface area contributed by atoms with Crippen molar-refractivity contribution in [2.45, 2.75) is 19.3 Å². The van der Waals surface area contributed by atoms with Crippen molar-refractivity contribution in [3.05, 3.63) is 23.4 Å². The Morgan fingerprint density at radius 2 is 2.29 bits per heavy atom. The van der Waals surface area contributed by atoms with Gasteiger partial charge in [0.1, 0.15) is 5.82 Å². The zero-order chi connectivity index (χ0) is 15.2. The van der Waals surface area contributed by atoms with Crippen LogP contribution in [0.4, 0.5) is 5.82 Å². The molecular formula is C14H18ClN3O3. The predicted molar refractivity (Wildman–Crippen MR) is 79.3 cm³/mol. The molecule has 0 spiro atoms. The lowest BCUT2D eigenvalue weighted by molar-refractivity contribution is -0.137. The number of rotatable bonds is 5. The minimum Gasteiger partial charge on any atom is -0.481 e. The van der Waals surface area contributed by atoms with Crippen molar-refractivity contribution in [2.24, 2.45) is 5.92 Å². The summed E-state index contributed by atoms with van der Waals surface area (Å²) in [7, 11) is 0. The van der Waals surface area contributed by atoms with Crippen LogP contribution in [0.5, 0.6) is 0 Å². The fraction of sp³-hybridized carbons (Fsp3) is 0.500. The van der Waals surface area contributed by atoms with E-state index in [1.54, 1.807) is 12.1 Å². The van der Waals surface area contributed by atoms with Crippen LogP contribution in [0.15, 0.2) is 18.3 Å². The zero-order valence-corrected chi connectivity index (χ0v) is 12.3. The summed E-state index contributed by atoms with van der Waals surface area (Å²) >= 11 is 5.75. The normalized spacial score (nSPS) is 19.2. The molecule has 0 radical (unpaired) electrons. The molecule has 1 aliphatic heterocycles. The van der Waals surface area contributed by atoms with E-state index >= 15 is 0 Å². The van der Waals surface area contributed by atoms with Gasteiger partial charge >= 0.3 is 5.97 Å². The maximum Gasteiger partial charge on any atom is 0.304 e. The molecule has 0 aliphatic carbocycles. The van der Waals surface area contributed by atoms with Crippen molar-refractivity contribution in [3.63, 3.8) is 0 Å². The molecule has 1 amide bonds. The zero-order valence-electron chi connectivity index (χ0n) is 11.6. The largest absolute Gasteiger partial charge is 0.481 e. The van der Waals surface area contributed by atoms with Gasteiger partial charge in [-0.1, -0.05) is 11.6 Å². The van der Waals surface area contributed by atoms with E-state index in [1.165, 1.54) is 6.20 Å². The van der Waals surface area contributed by atoms with E-state index in [1.807, 2.05) is 4.90 Å². The molecule has 0 bridgehead atoms. The average molecular weight is 312 g/mol. The number of aromatic nitrogens is 1. The first kappa shape index (κ1) is 15.7. The van der Waals surface area contributed by atoms with Gasteiger partial charge in [-0.05, 0) is 31.5 Å². The van der Waals surface area contributed by atoms with E-state index in [0.29, 0.717) is 23.9 Å². The Labute approximate surface area is 128 Å². The Balaban J connectivity index is 1.86. The first-order valence-corrected chi connectivity index (χ1v) is 7.29. The van der Waals surface area contributed by atoms with E-state index < -0.39 is 5.97 Å². The number of piperidine rings is 1. The summed E-state index contributed by atoms with van der Waals surface area (Å²) in [6.45, 7) is 1.92. The smallest absolute Gasteiger partial charge is 0.304 e. The number of nitrogens with zero attached hydrogens (tertiary/aromatic N) is 2. The number of hydrogen-bond acceptors (Lipinski definition) is 4. The van der Waals surface area contributed by atoms with Crippen LogP contribution < -0.4 is 5.32 Å². The van der Waals surface area contributed by atoms with Crippen molar-refractivity contribution in [1.29, 1.82) is 0 Å². The van der Waals surface area contributed by atoms with E-state index in [0.717, 1.165) is 19.4 Å². The quantitative estimate of drug-likeness (QED) is 0.867. The van der Waals surface area contributed by atoms with Crippen molar-refractivity contribution in [2.75, 3.05) is 25.0 Å². The lowest BCUT2D eigenvalue weighted by atomic mass is 9.97. The number of anilines is 1. The lowest BCUT2D eigenvalue weighted by Crippen LogP contribution is -2.41. The third-order valence-electron chi connectivity index (χ3n) is 3.50. The number of carboxylic acid groups (broad SMARTS) is 1. The number of pyridine rings is 1. The van der Waals surface area contributed by atoms with Gasteiger partial charge in [-0.15, -0.1) is 0 Å². The van der Waals surface area contributed by atoms with E-state index in [-0.39, 0.29) is 18.2 Å². The maximum absolute atomic E-state index is 12.2. The van der Waals surface area contributed by atoms with Gasteiger partial charge in [0.15, 0.2) is 0 Å². The van der Waals surface area contributed by atoms with E-state index in [2.05, 4.69) is 10.3 Å². The van der Waals surface area contributed by atoms with Gasteiger partial charge in [0.2, 0.25) is 5.91 Å². The van der Waals surface area contributed by atoms with Gasteiger partial charge in [0.05, 0.1) is 17.4 Å². The number of nitrogens with one attached hydrogen (secondary N) is 1. The number of hydrogen-bond donors (Lipinski definition) is 2. The highest BCUT2D eigenvalue weighted by Gasteiger charge is 2.26. The van der Waals surface area contributed by atoms with Crippen LogP contribution >= 0.6 is 11.6 Å². The number of halogens is 1. The molecule has 21 heavy (non-hydrogen) atoms. The molecule has 1 saturated heterocycles. The summed E-state index contributed by atoms with van der Waals surface area (Å²) in [5.74, 6) is -0.547. The van der Waals surface area contributed by atoms with Crippen molar-refractivity contribution >= 4 is 29.3 Å². The summed E-state index contributed by atoms with van der Waals surface area (Å²) < 4.78 is 0. The molecule has 1 fully saturated rings. The molecule has 0 unspecified atom stereocenters. The molecule has 6 nitrogen and oxygen atoms in total. The summed E-state index contributed by atoms with van der Waals surface area (Å²) in [5, 5.41) is 12.0. The second-order valence-corrected chi connectivity index (χ2v) is 5.57. The van der Waals surface area contributed by atoms with Crippen LogP contribution in [0.2, 0.25) is 5.02 Å². The highest BCUT2D eigenvalue weighted by Crippen LogP contribution is 2.19. The minimum atomic E-state index is -0.813. The Morgan fingerprint density at radius 1 is 1.48 bits per heavy atom. The van der Waals surface area contributed by atoms with Gasteiger partial charge in [0, 0.05) is 19.3 Å². The van der Waals surface area contributed by atoms with Crippen LogP contribution in [-0.2, 0) is 9.59 Å². The second-order valence-electron chi connectivity index (χ2n) is 5.13. The highest BCUT2D eigenvalue weighted by atomic mass is 35.5. The van der Waals surface area contributed by atoms with Gasteiger partial charge in [0.25, 0.3) is 0 Å². The summed E-state index contributed by atoms with van der Waals surface area (Å²) in [6, 6.07) is 3.33. The van der Waals surface area contributed by atoms with Gasteiger partial charge in [-0.3, -0.25) is 9.59 Å². The molecule has 1 atom stereocenters. The van der Waals surface area contributed by atoms with E-state index in [9.17, 15) is 9.59 Å². The maximum atomic E-state index is 12.2. The standard InChI is InChI=1S/C14H18ClN3O3/c15-11-3-4-12(16-8-11)17-14(21)10-2-1-6-18(9-10)7-5-13(19)20/h3-4,8,10H,1-2,5-7,9H2,(H,19,20)(H,16,17,21)/t10-/m0/s1. The molecule has 2 rings (SSSR count). The van der Waals surface area contributed by atoms with Gasteiger partial charge in [-0.2, -0.15) is 0 Å². The predicted octanol–water partition coefficient (Wildman–Crippen LogP) is 1.86. The molecule has 2 N–H and O–H groups in total. The Bertz CT molecular complexity index is 507. The van der Waals surface area contributed by atoms with Gasteiger partial charge < -0.3 is 15.3 Å². The molecule has 2 heterocycles. The Kier molecular flexibility index (Phi) is 5.52. The lowest BCUT2D eigenvalue weighted by Gasteiger charge is -2.31. The molecule has 1 aromatic rings. The van der Waals surface area contributed by atoms with Crippen LogP contribution in [0.1, 0.15) is 19.3 Å². The molecule has 1 aliphatic rings. The highest BCUT2D eigenvalue weighted by molar-refractivity contribution is 6.30. The summed E-state index contributed by atoms with van der Waals surface area (Å²) in [6.07, 6.45) is 3.29. The number of carbonyl (C=O) groups excluding carboxylic acids is 1. The molecular weight excluding hydrogens is 294 g/mol. The topological polar surface area (TPSA) is 82.5 Å². The van der Waals surface area contributed by atoms with Crippen LogP contribution in [0.3, 0.4) is 0 Å². The number of amides is 1. The fourth-order valence-electron chi connectivity index (χ4n) is 2.40. The fourth-order valence-corrected chi connectivity index (χ4v) is 2.52. The molecule has 7 heteroatoms. The SMILES string of the molecule is O=C(O)CCN1CCC[C@H](C(=O)Nc2ccc(Cl)cn2)C1. The summed E-state index contributed by atoms with van der Waals surface area (Å²) in [4.78, 5) is 28.9. The van der Waals surface area contributed by atoms with Crippen LogP contribution in [-0.4, -0.2) is 46.5 Å². The first-order chi connectivity index (χ1) is 10.0. The Hall–Kier alpha value is -1.66. The number of likely N-dealkylation sites (tertiary alicyclic amines) is 1. The third-order valence-corrected chi connectivity index (χ3v) is 3.72. The average Bonchev–Trinajstić information content (AvgIpc) is 2.48. The van der Waals surface area contributed by atoms with Crippen molar-refractivity contribution in [1.82, 2.24) is 9.88 Å². The van der Waals surface area contributed by atoms with Gasteiger partial charge in [-0.25, -0.2) is 4.98 Å². The van der Waals surface area contributed by atoms with Crippen LogP contribution in [0.25, 0.3) is 0 Å². The monoisotopic (exact) mass is 311 g/mol. The number of aliphatic carboxylic acids is 1. The van der Waals surface area contributed by atoms with Crippen molar-refractivity contribution < 1.29 is 14.7 Å². The van der Waals surface area contributed by atoms with Crippen molar-refractivity contribution in [3.8, 4) is 0 Å². The second kappa shape index (κ2) is 7.38. The number of carboxylic acids is 1. The minimum absolute atomic E-state index is 0.0788. The third kappa shape index (κ3) is 4.99. The van der Waals surface area contributed by atoms with Crippen LogP contribution in [0, 0.1) is 5.92 Å². The molecule has 1 aromatic heterocycles. The van der Waals surface area contributed by atoms with E-state index in [4.69, 9.17) is 16.7 Å². The Morgan fingerprint density at radius 3 is 2.95 bits per heavy atom. The molecule has 0 saturated carbocycles. The molecule has 0 aromatic carbocycles.